The number of piperidine rings is 1. The Morgan fingerprint density at radius 1 is 1.04 bits per heavy atom. The number of rotatable bonds is 9. The summed E-state index contributed by atoms with van der Waals surface area (Å²) in [4.78, 5) is 25.3. The molecule has 0 radical (unpaired) electrons. The molecular formula is C33H45FN6O6. The van der Waals surface area contributed by atoms with E-state index in [1.165, 1.54) is 12.0 Å². The van der Waals surface area contributed by atoms with E-state index in [2.05, 4.69) is 20.0 Å². The monoisotopic (exact) mass is 640 g/mol. The van der Waals surface area contributed by atoms with Gasteiger partial charge in [-0.25, -0.2) is 13.9 Å². The number of methoxy groups -OCH3 is 1. The van der Waals surface area contributed by atoms with Crippen molar-refractivity contribution in [1.29, 1.82) is 0 Å². The van der Waals surface area contributed by atoms with Gasteiger partial charge in [0.05, 0.1) is 44.7 Å². The van der Waals surface area contributed by atoms with Crippen LogP contribution in [-0.2, 0) is 18.9 Å². The Hall–Kier alpha value is -3.55. The van der Waals surface area contributed by atoms with Crippen molar-refractivity contribution in [2.45, 2.75) is 83.5 Å². The third-order valence-corrected chi connectivity index (χ3v) is 8.68. The number of alkyl halides is 1. The number of ether oxygens (including phenoxy) is 5. The van der Waals surface area contributed by atoms with Crippen LogP contribution in [0.5, 0.6) is 6.01 Å². The number of nitrogens with zero attached hydrogens (tertiary/aromatic N) is 6. The number of anilines is 1. The second kappa shape index (κ2) is 13.7. The fourth-order valence-electron chi connectivity index (χ4n) is 6.26. The van der Waals surface area contributed by atoms with E-state index in [0.29, 0.717) is 50.9 Å². The summed E-state index contributed by atoms with van der Waals surface area (Å²) in [5.74, 6) is 0.900. The summed E-state index contributed by atoms with van der Waals surface area (Å²) >= 11 is 0. The first kappa shape index (κ1) is 32.4. The molecule has 1 unspecified atom stereocenters. The van der Waals surface area contributed by atoms with E-state index in [-0.39, 0.29) is 30.9 Å². The number of likely N-dealkylation sites (tertiary alicyclic amines) is 1. The first-order chi connectivity index (χ1) is 22.1. The first-order valence-electron chi connectivity index (χ1n) is 16.2. The maximum Gasteiger partial charge on any atom is 0.410 e. The molecule has 0 saturated carbocycles. The largest absolute Gasteiger partial charge is 0.467 e. The van der Waals surface area contributed by atoms with Crippen molar-refractivity contribution in [3.63, 3.8) is 0 Å². The molecule has 3 saturated heterocycles. The van der Waals surface area contributed by atoms with Crippen LogP contribution in [0.15, 0.2) is 24.4 Å². The summed E-state index contributed by atoms with van der Waals surface area (Å²) < 4.78 is 45.7. The minimum absolute atomic E-state index is 0.00864. The van der Waals surface area contributed by atoms with Crippen LogP contribution in [0.3, 0.4) is 0 Å². The molecule has 3 aliphatic heterocycles. The number of aryl methyl sites for hydroxylation is 1. The molecule has 6 rings (SSSR count). The molecule has 0 bridgehead atoms. The van der Waals surface area contributed by atoms with E-state index in [0.717, 1.165) is 47.9 Å². The second-order valence-electron chi connectivity index (χ2n) is 13.3. The maximum absolute atomic E-state index is 15.7. The van der Waals surface area contributed by atoms with Gasteiger partial charge in [-0.1, -0.05) is 0 Å². The van der Waals surface area contributed by atoms with E-state index in [9.17, 15) is 4.79 Å². The van der Waals surface area contributed by atoms with Crippen molar-refractivity contribution >= 4 is 22.8 Å². The van der Waals surface area contributed by atoms with Crippen LogP contribution in [0.2, 0.25) is 0 Å². The van der Waals surface area contributed by atoms with Crippen LogP contribution in [0.4, 0.5) is 15.0 Å². The molecule has 5 heterocycles. The fourth-order valence-corrected chi connectivity index (χ4v) is 6.26. The quantitative estimate of drug-likeness (QED) is 0.298. The standard InChI is InChI=1S/C33H45FN6O6/c1-21-14-22-17-35-40(27(22)15-25(21)24-9-10-38(20-26(24)34)32(41)46-33(2,3)4)29-16-28(36-31(37-29)42-5)39-18-23(19-39)43-12-13-45-30-8-6-7-11-44-30/h14-17,23-24,26,30H,6-13,18-20H2,1-5H3/t24-,26-,30?/m0/s1. The highest BCUT2D eigenvalue weighted by Gasteiger charge is 2.35. The topological polar surface area (TPSA) is 113 Å². The molecule has 12 nitrogen and oxygen atoms in total. The molecule has 46 heavy (non-hydrogen) atoms. The molecule has 250 valence electrons. The number of amides is 1. The van der Waals surface area contributed by atoms with E-state index in [1.807, 2.05) is 45.9 Å². The van der Waals surface area contributed by atoms with Crippen LogP contribution < -0.4 is 9.64 Å². The third-order valence-electron chi connectivity index (χ3n) is 8.68. The first-order valence-corrected chi connectivity index (χ1v) is 16.2. The van der Waals surface area contributed by atoms with Gasteiger partial charge in [0.2, 0.25) is 0 Å². The molecule has 3 aromatic rings. The normalized spacial score (nSPS) is 22.6. The average molecular weight is 641 g/mol. The van der Waals surface area contributed by atoms with E-state index < -0.39 is 17.9 Å². The van der Waals surface area contributed by atoms with Crippen molar-refractivity contribution in [3.8, 4) is 11.8 Å². The lowest BCUT2D eigenvalue weighted by atomic mass is 9.85. The lowest BCUT2D eigenvalue weighted by Crippen LogP contribution is -2.53. The van der Waals surface area contributed by atoms with Gasteiger partial charge in [0.1, 0.15) is 17.6 Å². The van der Waals surface area contributed by atoms with Gasteiger partial charge in [-0.15, -0.1) is 0 Å². The van der Waals surface area contributed by atoms with Crippen LogP contribution in [0.1, 0.15) is 63.5 Å². The molecule has 1 aromatic carbocycles. The maximum atomic E-state index is 15.7. The highest BCUT2D eigenvalue weighted by atomic mass is 19.1. The zero-order chi connectivity index (χ0) is 32.4. The molecule has 2 aromatic heterocycles. The van der Waals surface area contributed by atoms with Crippen molar-refractivity contribution in [1.82, 2.24) is 24.6 Å². The van der Waals surface area contributed by atoms with Crippen molar-refractivity contribution in [2.75, 3.05) is 58.0 Å². The number of hydrogen-bond donors (Lipinski definition) is 0. The summed E-state index contributed by atoms with van der Waals surface area (Å²) in [5.41, 5.74) is 2.05. The lowest BCUT2D eigenvalue weighted by Gasteiger charge is -2.39. The second-order valence-corrected chi connectivity index (χ2v) is 13.3. The van der Waals surface area contributed by atoms with Gasteiger partial charge < -0.3 is 33.5 Å². The number of hydrogen-bond acceptors (Lipinski definition) is 10. The Morgan fingerprint density at radius 2 is 1.83 bits per heavy atom. The average Bonchev–Trinajstić information content (AvgIpc) is 3.41. The molecular weight excluding hydrogens is 595 g/mol. The van der Waals surface area contributed by atoms with Crippen LogP contribution in [0, 0.1) is 6.92 Å². The molecule has 3 atom stereocenters. The van der Waals surface area contributed by atoms with Crippen molar-refractivity contribution in [2.24, 2.45) is 0 Å². The van der Waals surface area contributed by atoms with Gasteiger partial charge in [0.25, 0.3) is 0 Å². The van der Waals surface area contributed by atoms with Crippen molar-refractivity contribution < 1.29 is 32.9 Å². The Morgan fingerprint density at radius 3 is 2.54 bits per heavy atom. The number of carbonyl (C=O) groups is 1. The lowest BCUT2D eigenvalue weighted by molar-refractivity contribution is -0.171. The molecule has 13 heteroatoms. The van der Waals surface area contributed by atoms with Crippen molar-refractivity contribution in [3.05, 3.63) is 35.5 Å². The number of halogens is 1. The Kier molecular flexibility index (Phi) is 9.62. The third kappa shape index (κ3) is 7.37. The summed E-state index contributed by atoms with van der Waals surface area (Å²) in [6.07, 6.45) is 3.70. The van der Waals surface area contributed by atoms with E-state index in [1.54, 1.807) is 10.9 Å². The van der Waals surface area contributed by atoms with Gasteiger partial charge in [-0.05, 0) is 76.6 Å². The molecule has 3 fully saturated rings. The summed E-state index contributed by atoms with van der Waals surface area (Å²) in [5, 5.41) is 5.56. The Balaban J connectivity index is 1.13. The number of carbonyl (C=O) groups excluding carboxylic acids is 1. The van der Waals surface area contributed by atoms with E-state index in [4.69, 9.17) is 23.7 Å². The molecule has 0 spiro atoms. The summed E-state index contributed by atoms with van der Waals surface area (Å²) in [6, 6.07) is 6.14. The number of fused-ring (bicyclic) bond motifs is 1. The van der Waals surface area contributed by atoms with Crippen LogP contribution in [-0.4, -0.2) is 108 Å². The van der Waals surface area contributed by atoms with Gasteiger partial charge >= 0.3 is 12.1 Å². The zero-order valence-electron chi connectivity index (χ0n) is 27.4. The number of aromatic nitrogens is 4. The summed E-state index contributed by atoms with van der Waals surface area (Å²) in [6.45, 7) is 11.0. The van der Waals surface area contributed by atoms with Crippen LogP contribution >= 0.6 is 0 Å². The highest BCUT2D eigenvalue weighted by molar-refractivity contribution is 5.82. The molecule has 0 N–H and O–H groups in total. The zero-order valence-corrected chi connectivity index (χ0v) is 27.4. The van der Waals surface area contributed by atoms with E-state index >= 15 is 4.39 Å². The predicted octanol–water partition coefficient (Wildman–Crippen LogP) is 4.94. The SMILES string of the molecule is COc1nc(N2CC(OCCOC3CCCCO3)C2)cc(-n2ncc3cc(C)c([C@@H]4CCN(C(=O)OC(C)(C)C)C[C@@H]4F)cc32)n1. The molecule has 1 amide bonds. The minimum Gasteiger partial charge on any atom is -0.467 e. The van der Waals surface area contributed by atoms with Gasteiger partial charge in [0.15, 0.2) is 12.1 Å². The number of benzene rings is 1. The minimum atomic E-state index is -1.23. The molecule has 0 aliphatic carbocycles. The van der Waals surface area contributed by atoms with Gasteiger partial charge in [-0.2, -0.15) is 15.1 Å². The van der Waals surface area contributed by atoms with Gasteiger partial charge in [0, 0.05) is 43.6 Å². The molecule has 3 aliphatic rings. The highest BCUT2D eigenvalue weighted by Crippen LogP contribution is 2.36. The van der Waals surface area contributed by atoms with Crippen LogP contribution in [0.25, 0.3) is 16.7 Å². The Labute approximate surface area is 269 Å². The van der Waals surface area contributed by atoms with Gasteiger partial charge in [-0.3, -0.25) is 0 Å². The Bertz CT molecular complexity index is 1520. The predicted molar refractivity (Wildman–Crippen MR) is 170 cm³/mol. The summed E-state index contributed by atoms with van der Waals surface area (Å²) in [7, 11) is 1.54. The smallest absolute Gasteiger partial charge is 0.410 e. The fraction of sp³-hybridized carbons (Fsp3) is 0.636.